The Balaban J connectivity index is -0.000000193. The van der Waals surface area contributed by atoms with Gasteiger partial charge in [0.1, 0.15) is 0 Å². The van der Waals surface area contributed by atoms with Crippen LogP contribution in [-0.2, 0) is 0 Å². The molecule has 17 heavy (non-hydrogen) atoms. The Bertz CT molecular complexity index is 94.6. The van der Waals surface area contributed by atoms with E-state index in [1.807, 2.05) is 6.92 Å². The lowest BCUT2D eigenvalue weighted by molar-refractivity contribution is 0.480. The summed E-state index contributed by atoms with van der Waals surface area (Å²) < 4.78 is 0. The van der Waals surface area contributed by atoms with E-state index in [-0.39, 0.29) is 0 Å². The minimum atomic E-state index is 0.963. The normalized spacial score (nSPS) is 8.88. The van der Waals surface area contributed by atoms with Gasteiger partial charge in [-0.15, -0.1) is 6.58 Å². The van der Waals surface area contributed by atoms with Gasteiger partial charge in [0.05, 0.1) is 0 Å². The van der Waals surface area contributed by atoms with Crippen LogP contribution in [0.5, 0.6) is 0 Å². The van der Waals surface area contributed by atoms with Gasteiger partial charge in [0.25, 0.3) is 0 Å². The van der Waals surface area contributed by atoms with Crippen LogP contribution >= 0.6 is 0 Å². The Hall–Kier alpha value is -0.260. The molecule has 0 fully saturated rings. The van der Waals surface area contributed by atoms with E-state index in [4.69, 9.17) is 0 Å². The highest BCUT2D eigenvalue weighted by Gasteiger charge is 1.95. The molecule has 0 radical (unpaired) electrons. The van der Waals surface area contributed by atoms with Gasteiger partial charge in [-0.1, -0.05) is 92.1 Å². The first-order valence-electron chi connectivity index (χ1n) is 7.71. The van der Waals surface area contributed by atoms with E-state index in [0.29, 0.717) is 0 Å². The van der Waals surface area contributed by atoms with E-state index >= 15 is 0 Å². The quantitative estimate of drug-likeness (QED) is 0.333. The lowest BCUT2D eigenvalue weighted by atomic mass is 10.0. The molecule has 0 nitrogen and oxygen atoms in total. The molecule has 0 aromatic heterocycles. The molecule has 0 unspecified atom stereocenters. The van der Waals surface area contributed by atoms with Crippen LogP contribution in [0.3, 0.4) is 0 Å². The first kappa shape index (κ1) is 22.0. The molecule has 0 aliphatic carbocycles. The van der Waals surface area contributed by atoms with Gasteiger partial charge in [0.15, 0.2) is 0 Å². The van der Waals surface area contributed by atoms with E-state index in [9.17, 15) is 0 Å². The van der Waals surface area contributed by atoms with Crippen molar-refractivity contribution in [2.75, 3.05) is 0 Å². The van der Waals surface area contributed by atoms with Crippen molar-refractivity contribution in [2.45, 2.75) is 92.9 Å². The van der Waals surface area contributed by atoms with Crippen molar-refractivity contribution < 1.29 is 0 Å². The van der Waals surface area contributed by atoms with Crippen LogP contribution in [0.1, 0.15) is 92.9 Å². The van der Waals surface area contributed by atoms with Gasteiger partial charge in [-0.3, -0.25) is 0 Å². The summed E-state index contributed by atoms with van der Waals surface area (Å²) in [5.41, 5.74) is 0. The molecule has 0 heteroatoms. The van der Waals surface area contributed by atoms with Crippen molar-refractivity contribution in [3.63, 3.8) is 0 Å². The van der Waals surface area contributed by atoms with Crippen LogP contribution in [0.15, 0.2) is 12.7 Å². The van der Waals surface area contributed by atoms with Crippen molar-refractivity contribution >= 4 is 0 Å². The van der Waals surface area contributed by atoms with E-state index in [1.54, 1.807) is 6.08 Å². The molecule has 0 amide bonds. The Morgan fingerprint density at radius 2 is 1.12 bits per heavy atom. The molecule has 0 saturated carbocycles. The molecule has 0 rings (SSSR count). The fourth-order valence-corrected chi connectivity index (χ4v) is 1.63. The monoisotopic (exact) mass is 242 g/mol. The largest absolute Gasteiger partial charge is 0.103 e. The van der Waals surface area contributed by atoms with Crippen molar-refractivity contribution in [3.05, 3.63) is 12.7 Å². The van der Waals surface area contributed by atoms with Gasteiger partial charge in [-0.25, -0.2) is 0 Å². The zero-order valence-corrected chi connectivity index (χ0v) is 13.5. The predicted molar refractivity (Wildman–Crippen MR) is 84.7 cm³/mol. The smallest absolute Gasteiger partial charge is 0.0443 e. The molecule has 0 aliphatic heterocycles. The lowest BCUT2D eigenvalue weighted by Gasteiger charge is -2.05. The van der Waals surface area contributed by atoms with Crippen LogP contribution in [0, 0.1) is 5.92 Å². The van der Waals surface area contributed by atoms with Crippen LogP contribution in [-0.4, -0.2) is 0 Å². The Morgan fingerprint density at radius 3 is 1.29 bits per heavy atom. The molecule has 0 saturated heterocycles. The molecule has 0 heterocycles. The second-order valence-corrected chi connectivity index (χ2v) is 4.80. The van der Waals surface area contributed by atoms with Crippen LogP contribution in [0.4, 0.5) is 0 Å². The molecule has 0 N–H and O–H groups in total. The second-order valence-electron chi connectivity index (χ2n) is 4.80. The average molecular weight is 242 g/mol. The topological polar surface area (TPSA) is 0 Å². The zero-order valence-electron chi connectivity index (χ0n) is 13.5. The molecule has 0 aromatic rings. The number of hydrogen-bond acceptors (Lipinski definition) is 0. The maximum Gasteiger partial charge on any atom is -0.0443 e. The van der Waals surface area contributed by atoms with Gasteiger partial charge >= 0.3 is 0 Å². The van der Waals surface area contributed by atoms with E-state index in [2.05, 4.69) is 41.2 Å². The summed E-state index contributed by atoms with van der Waals surface area (Å²) in [5.74, 6) is 0.963. The minimum Gasteiger partial charge on any atom is -0.103 e. The summed E-state index contributed by atoms with van der Waals surface area (Å²) in [6, 6.07) is 0. The summed E-state index contributed by atoms with van der Waals surface area (Å²) in [5, 5.41) is 0. The zero-order chi connectivity index (χ0) is 13.9. The highest BCUT2D eigenvalue weighted by Crippen LogP contribution is 2.10. The van der Waals surface area contributed by atoms with Crippen LogP contribution < -0.4 is 0 Å². The molecular weight excluding hydrogens is 204 g/mol. The second kappa shape index (κ2) is 24.8. The third kappa shape index (κ3) is 38.9. The maximum absolute atomic E-state index is 3.36. The van der Waals surface area contributed by atoms with Crippen molar-refractivity contribution in [2.24, 2.45) is 5.92 Å². The SMILES string of the molecule is C=CC.CCCC(C)CCC.CCCCCC. The molecule has 0 spiro atoms. The van der Waals surface area contributed by atoms with Gasteiger partial charge in [0, 0.05) is 0 Å². The lowest BCUT2D eigenvalue weighted by Crippen LogP contribution is -1.91. The van der Waals surface area contributed by atoms with Crippen LogP contribution in [0.25, 0.3) is 0 Å². The molecule has 0 aromatic carbocycles. The van der Waals surface area contributed by atoms with Crippen molar-refractivity contribution in [1.82, 2.24) is 0 Å². The Kier molecular flexibility index (Phi) is 32.1. The fourth-order valence-electron chi connectivity index (χ4n) is 1.63. The molecule has 0 bridgehead atoms. The molecule has 0 atom stereocenters. The highest BCUT2D eigenvalue weighted by atomic mass is 14.0. The Morgan fingerprint density at radius 1 is 0.824 bits per heavy atom. The van der Waals surface area contributed by atoms with Crippen molar-refractivity contribution in [1.29, 1.82) is 0 Å². The number of allylic oxidation sites excluding steroid dienone is 1. The molecule has 0 aliphatic rings. The van der Waals surface area contributed by atoms with Crippen LogP contribution in [0.2, 0.25) is 0 Å². The van der Waals surface area contributed by atoms with E-state index in [1.165, 1.54) is 51.4 Å². The first-order valence-corrected chi connectivity index (χ1v) is 7.71. The Labute approximate surface area is 112 Å². The summed E-state index contributed by atoms with van der Waals surface area (Å²) in [6.07, 6.45) is 12.8. The first-order chi connectivity index (χ1) is 8.14. The van der Waals surface area contributed by atoms with Gasteiger partial charge in [-0.05, 0) is 12.8 Å². The number of unbranched alkanes of at least 4 members (excludes halogenated alkanes) is 3. The van der Waals surface area contributed by atoms with E-state index in [0.717, 1.165) is 5.92 Å². The minimum absolute atomic E-state index is 0.963. The third-order valence-corrected chi connectivity index (χ3v) is 2.52. The average Bonchev–Trinajstić information content (AvgIpc) is 2.29. The third-order valence-electron chi connectivity index (χ3n) is 2.52. The van der Waals surface area contributed by atoms with Gasteiger partial charge in [-0.2, -0.15) is 0 Å². The molecular formula is C17H38. The predicted octanol–water partition coefficient (Wildman–Crippen LogP) is 7.00. The number of hydrogen-bond donors (Lipinski definition) is 0. The fraction of sp³-hybridized carbons (Fsp3) is 0.882. The summed E-state index contributed by atoms with van der Waals surface area (Å²) in [4.78, 5) is 0. The van der Waals surface area contributed by atoms with Crippen molar-refractivity contribution in [3.8, 4) is 0 Å². The highest BCUT2D eigenvalue weighted by molar-refractivity contribution is 4.51. The summed E-state index contributed by atoms with van der Waals surface area (Å²) >= 11 is 0. The maximum atomic E-state index is 3.36. The van der Waals surface area contributed by atoms with Gasteiger partial charge < -0.3 is 0 Å². The summed E-state index contributed by atoms with van der Waals surface area (Å²) in [7, 11) is 0. The molecule has 106 valence electrons. The van der Waals surface area contributed by atoms with Gasteiger partial charge in [0.2, 0.25) is 0 Å². The number of rotatable bonds is 7. The summed E-state index contributed by atoms with van der Waals surface area (Å²) in [6.45, 7) is 16.6. The van der Waals surface area contributed by atoms with E-state index < -0.39 is 0 Å². The standard InChI is InChI=1S/C8H18.C6H14.C3H6/c1-4-6-8(3)7-5-2;1-3-5-6-4-2;1-3-2/h8H,4-7H2,1-3H3;3-6H2,1-2H3;3H,1H2,2H3.